The van der Waals surface area contributed by atoms with Crippen molar-refractivity contribution in [1.82, 2.24) is 9.97 Å². The third-order valence-corrected chi connectivity index (χ3v) is 3.18. The summed E-state index contributed by atoms with van der Waals surface area (Å²) in [5.74, 6) is -0.223. The van der Waals surface area contributed by atoms with Gasteiger partial charge in [0.25, 0.3) is 0 Å². The second-order valence-electron chi connectivity index (χ2n) is 4.91. The molecule has 5 heteroatoms. The Balaban J connectivity index is 2.31. The Morgan fingerprint density at radius 2 is 1.71 bits per heavy atom. The van der Waals surface area contributed by atoms with Crippen LogP contribution in [-0.4, -0.2) is 24.1 Å². The largest absolute Gasteiger partial charge is 0.362 e. The van der Waals surface area contributed by atoms with Crippen LogP contribution in [0.5, 0.6) is 0 Å². The molecule has 0 aliphatic carbocycles. The van der Waals surface area contributed by atoms with E-state index in [2.05, 4.69) is 9.97 Å². The topological polar surface area (TPSA) is 29.0 Å². The van der Waals surface area contributed by atoms with E-state index >= 15 is 0 Å². The van der Waals surface area contributed by atoms with E-state index in [1.165, 1.54) is 0 Å². The Morgan fingerprint density at radius 1 is 0.952 bits per heavy atom. The van der Waals surface area contributed by atoms with E-state index in [9.17, 15) is 8.78 Å². The van der Waals surface area contributed by atoms with E-state index in [0.717, 1.165) is 23.6 Å². The number of halogens is 2. The Morgan fingerprint density at radius 3 is 2.48 bits per heavy atom. The van der Waals surface area contributed by atoms with E-state index in [4.69, 9.17) is 0 Å². The van der Waals surface area contributed by atoms with Gasteiger partial charge in [0.2, 0.25) is 0 Å². The van der Waals surface area contributed by atoms with Gasteiger partial charge in [-0.2, -0.15) is 0 Å². The molecule has 21 heavy (non-hydrogen) atoms. The first-order valence-electron chi connectivity index (χ1n) is 6.46. The SMILES string of the molecule is CN(C)c1nc(-c2cc(F)ccc2F)nc2ccccc12. The normalized spacial score (nSPS) is 10.9. The fourth-order valence-electron chi connectivity index (χ4n) is 2.19. The van der Waals surface area contributed by atoms with Crippen LogP contribution in [0.25, 0.3) is 22.3 Å². The Hall–Kier alpha value is -2.56. The summed E-state index contributed by atoms with van der Waals surface area (Å²) in [6.45, 7) is 0. The van der Waals surface area contributed by atoms with Crippen molar-refractivity contribution in [1.29, 1.82) is 0 Å². The lowest BCUT2D eigenvalue weighted by atomic mass is 10.1. The molecule has 0 bridgehead atoms. The second-order valence-corrected chi connectivity index (χ2v) is 4.91. The summed E-state index contributed by atoms with van der Waals surface area (Å²) in [5.41, 5.74) is 0.749. The highest BCUT2D eigenvalue weighted by Crippen LogP contribution is 2.27. The van der Waals surface area contributed by atoms with Gasteiger partial charge in [0.1, 0.15) is 17.5 Å². The van der Waals surface area contributed by atoms with Crippen LogP contribution in [0.2, 0.25) is 0 Å². The minimum atomic E-state index is -0.545. The van der Waals surface area contributed by atoms with Gasteiger partial charge in [-0.3, -0.25) is 0 Å². The van der Waals surface area contributed by atoms with Gasteiger partial charge in [0.05, 0.1) is 11.1 Å². The van der Waals surface area contributed by atoms with Crippen molar-refractivity contribution in [3.8, 4) is 11.4 Å². The Labute approximate surface area is 120 Å². The molecule has 0 fully saturated rings. The number of fused-ring (bicyclic) bond motifs is 1. The minimum absolute atomic E-state index is 0.0591. The van der Waals surface area contributed by atoms with Crippen LogP contribution in [-0.2, 0) is 0 Å². The van der Waals surface area contributed by atoms with E-state index in [-0.39, 0.29) is 11.4 Å². The number of para-hydroxylation sites is 1. The van der Waals surface area contributed by atoms with Crippen LogP contribution >= 0.6 is 0 Å². The highest BCUT2D eigenvalue weighted by atomic mass is 19.1. The average molecular weight is 285 g/mol. The number of rotatable bonds is 2. The monoisotopic (exact) mass is 285 g/mol. The van der Waals surface area contributed by atoms with Crippen LogP contribution in [0.3, 0.4) is 0 Å². The molecule has 0 spiro atoms. The molecule has 0 saturated carbocycles. The molecular weight excluding hydrogens is 272 g/mol. The average Bonchev–Trinajstić information content (AvgIpc) is 2.48. The molecule has 1 aromatic heterocycles. The van der Waals surface area contributed by atoms with Crippen molar-refractivity contribution < 1.29 is 8.78 Å². The van der Waals surface area contributed by atoms with Crippen LogP contribution in [0.1, 0.15) is 0 Å². The number of aromatic nitrogens is 2. The van der Waals surface area contributed by atoms with Gasteiger partial charge in [-0.05, 0) is 30.3 Å². The zero-order valence-corrected chi connectivity index (χ0v) is 11.6. The quantitative estimate of drug-likeness (QED) is 0.720. The number of hydrogen-bond acceptors (Lipinski definition) is 3. The molecule has 3 nitrogen and oxygen atoms in total. The first-order valence-corrected chi connectivity index (χ1v) is 6.46. The lowest BCUT2D eigenvalue weighted by molar-refractivity contribution is 0.602. The predicted octanol–water partition coefficient (Wildman–Crippen LogP) is 3.64. The van der Waals surface area contributed by atoms with E-state index in [1.807, 2.05) is 43.3 Å². The van der Waals surface area contributed by atoms with Crippen LogP contribution in [0.15, 0.2) is 42.5 Å². The fourth-order valence-corrected chi connectivity index (χ4v) is 2.19. The smallest absolute Gasteiger partial charge is 0.165 e. The van der Waals surface area contributed by atoms with Gasteiger partial charge in [0, 0.05) is 19.5 Å². The first kappa shape index (κ1) is 13.4. The Kier molecular flexibility index (Phi) is 3.25. The summed E-state index contributed by atoms with van der Waals surface area (Å²) in [4.78, 5) is 10.6. The van der Waals surface area contributed by atoms with Gasteiger partial charge in [-0.15, -0.1) is 0 Å². The van der Waals surface area contributed by atoms with Crippen LogP contribution in [0, 0.1) is 11.6 Å². The molecule has 0 atom stereocenters. The number of benzene rings is 2. The summed E-state index contributed by atoms with van der Waals surface area (Å²) in [6, 6.07) is 10.7. The van der Waals surface area contributed by atoms with Crippen molar-refractivity contribution in [2.24, 2.45) is 0 Å². The lowest BCUT2D eigenvalue weighted by Gasteiger charge is -2.15. The summed E-state index contributed by atoms with van der Waals surface area (Å²) < 4.78 is 27.3. The molecule has 3 rings (SSSR count). The molecule has 1 heterocycles. The van der Waals surface area contributed by atoms with Crippen LogP contribution in [0.4, 0.5) is 14.6 Å². The van der Waals surface area contributed by atoms with Gasteiger partial charge in [-0.1, -0.05) is 12.1 Å². The van der Waals surface area contributed by atoms with Gasteiger partial charge in [0.15, 0.2) is 5.82 Å². The maximum Gasteiger partial charge on any atom is 0.165 e. The van der Waals surface area contributed by atoms with Crippen molar-refractivity contribution in [2.45, 2.75) is 0 Å². The zero-order chi connectivity index (χ0) is 15.0. The molecule has 0 N–H and O–H groups in total. The Bertz CT molecular complexity index is 816. The third-order valence-electron chi connectivity index (χ3n) is 3.18. The highest BCUT2D eigenvalue weighted by molar-refractivity contribution is 5.90. The summed E-state index contributed by atoms with van der Waals surface area (Å²) in [6.07, 6.45) is 0. The molecule has 0 aliphatic rings. The summed E-state index contributed by atoms with van der Waals surface area (Å²) >= 11 is 0. The fraction of sp³-hybridized carbons (Fsp3) is 0.125. The van der Waals surface area contributed by atoms with E-state index in [0.29, 0.717) is 11.3 Å². The van der Waals surface area contributed by atoms with E-state index < -0.39 is 11.6 Å². The third kappa shape index (κ3) is 2.42. The molecule has 0 unspecified atom stereocenters. The molecule has 2 aromatic carbocycles. The lowest BCUT2D eigenvalue weighted by Crippen LogP contribution is -2.12. The van der Waals surface area contributed by atoms with Gasteiger partial charge < -0.3 is 4.90 Å². The standard InChI is InChI=1S/C16H13F2N3/c1-21(2)16-11-5-3-4-6-14(11)19-15(20-16)12-9-10(17)7-8-13(12)18/h3-9H,1-2H3. The van der Waals surface area contributed by atoms with Crippen molar-refractivity contribution in [3.05, 3.63) is 54.1 Å². The molecule has 3 aromatic rings. The zero-order valence-electron chi connectivity index (χ0n) is 11.6. The van der Waals surface area contributed by atoms with Gasteiger partial charge in [-0.25, -0.2) is 18.7 Å². The van der Waals surface area contributed by atoms with E-state index in [1.54, 1.807) is 0 Å². The van der Waals surface area contributed by atoms with Gasteiger partial charge >= 0.3 is 0 Å². The molecule has 0 aliphatic heterocycles. The maximum absolute atomic E-state index is 13.9. The summed E-state index contributed by atoms with van der Waals surface area (Å²) in [7, 11) is 3.70. The molecule has 0 radical (unpaired) electrons. The first-order chi connectivity index (χ1) is 10.1. The molecule has 0 amide bonds. The molecule has 0 saturated heterocycles. The van der Waals surface area contributed by atoms with Crippen molar-refractivity contribution in [3.63, 3.8) is 0 Å². The maximum atomic E-state index is 13.9. The number of nitrogens with zero attached hydrogens (tertiary/aromatic N) is 3. The highest BCUT2D eigenvalue weighted by Gasteiger charge is 2.14. The number of anilines is 1. The molecule has 106 valence electrons. The second kappa shape index (κ2) is 5.09. The van der Waals surface area contributed by atoms with Crippen molar-refractivity contribution >= 4 is 16.7 Å². The summed E-state index contributed by atoms with van der Waals surface area (Å²) in [5, 5.41) is 0.864. The molecular formula is C16H13F2N3. The minimum Gasteiger partial charge on any atom is -0.362 e. The number of hydrogen-bond donors (Lipinski definition) is 0. The van der Waals surface area contributed by atoms with Crippen molar-refractivity contribution in [2.75, 3.05) is 19.0 Å². The predicted molar refractivity (Wildman–Crippen MR) is 79.2 cm³/mol. The van der Waals surface area contributed by atoms with Crippen LogP contribution < -0.4 is 4.90 Å².